The van der Waals surface area contributed by atoms with Crippen LogP contribution < -0.4 is 0 Å². The minimum absolute atomic E-state index is 1.05. The Hall–Kier alpha value is 0. The van der Waals surface area contributed by atoms with Gasteiger partial charge in [0.25, 0.3) is 0 Å². The molecule has 0 aliphatic heterocycles. The van der Waals surface area contributed by atoms with Crippen molar-refractivity contribution in [1.82, 2.24) is 0 Å². The minimum atomic E-state index is 1.05. The highest BCUT2D eigenvalue weighted by atomic mass is 14.3. The molecule has 0 nitrogen and oxygen atoms in total. The molecule has 48 valence electrons. The molecule has 0 aromatic rings. The molecule has 0 saturated heterocycles. The molecule has 0 N–H and O–H groups in total. The predicted octanol–water partition coefficient (Wildman–Crippen LogP) is 2.83. The van der Waals surface area contributed by atoms with E-state index in [0.717, 1.165) is 11.8 Å². The molecule has 1 unspecified atom stereocenters. The van der Waals surface area contributed by atoms with Crippen LogP contribution in [0.2, 0.25) is 0 Å². The van der Waals surface area contributed by atoms with Gasteiger partial charge in [-0.15, -0.1) is 0 Å². The monoisotopic (exact) mass is 112 g/mol. The van der Waals surface area contributed by atoms with Crippen LogP contribution in [0.15, 0.2) is 0 Å². The third-order valence-electron chi connectivity index (χ3n) is 2.46. The predicted molar refractivity (Wildman–Crippen MR) is 36.8 cm³/mol. The first-order valence-corrected chi connectivity index (χ1v) is 3.84. The molecular weight excluding hydrogens is 96.1 g/mol. The highest BCUT2D eigenvalue weighted by Crippen LogP contribution is 2.36. The Balaban J connectivity index is 2.08. The Labute approximate surface area is 52.3 Å². The summed E-state index contributed by atoms with van der Waals surface area (Å²) in [6.07, 6.45) is 5.86. The van der Waals surface area contributed by atoms with Crippen LogP contribution in [0.25, 0.3) is 0 Å². The lowest BCUT2D eigenvalue weighted by atomic mass is 9.73. The van der Waals surface area contributed by atoms with Crippen molar-refractivity contribution in [1.29, 1.82) is 0 Å². The van der Waals surface area contributed by atoms with Crippen molar-refractivity contribution in [3.8, 4) is 0 Å². The highest BCUT2D eigenvalue weighted by Gasteiger charge is 2.24. The molecule has 0 heteroatoms. The first kappa shape index (κ1) is 6.12. The number of rotatable bonds is 2. The van der Waals surface area contributed by atoms with Crippen molar-refractivity contribution in [2.24, 2.45) is 11.8 Å². The van der Waals surface area contributed by atoms with E-state index in [2.05, 4.69) is 13.8 Å². The topological polar surface area (TPSA) is 0 Å². The smallest absolute Gasteiger partial charge is 0.0388 e. The molecule has 1 aliphatic carbocycles. The van der Waals surface area contributed by atoms with Crippen LogP contribution in [-0.2, 0) is 0 Å². The molecule has 0 aromatic heterocycles. The molecule has 0 radical (unpaired) electrons. The molecule has 0 spiro atoms. The van der Waals surface area contributed by atoms with Crippen LogP contribution >= 0.6 is 0 Å². The van der Waals surface area contributed by atoms with Gasteiger partial charge < -0.3 is 0 Å². The van der Waals surface area contributed by atoms with Crippen LogP contribution in [-0.4, -0.2) is 0 Å². The van der Waals surface area contributed by atoms with Crippen molar-refractivity contribution in [3.05, 3.63) is 0 Å². The van der Waals surface area contributed by atoms with Gasteiger partial charge in [0.2, 0.25) is 0 Å². The lowest BCUT2D eigenvalue weighted by Crippen LogP contribution is -2.22. The second-order valence-corrected chi connectivity index (χ2v) is 3.10. The van der Waals surface area contributed by atoms with E-state index in [-0.39, 0.29) is 0 Å². The molecule has 0 heterocycles. The Morgan fingerprint density at radius 2 is 2.12 bits per heavy atom. The van der Waals surface area contributed by atoms with E-state index in [9.17, 15) is 0 Å². The van der Waals surface area contributed by atoms with Gasteiger partial charge in [0.1, 0.15) is 0 Å². The lowest BCUT2D eigenvalue weighted by molar-refractivity contribution is 0.182. The molecule has 8 heavy (non-hydrogen) atoms. The lowest BCUT2D eigenvalue weighted by Gasteiger charge is -2.33. The van der Waals surface area contributed by atoms with E-state index < -0.39 is 0 Å². The summed E-state index contributed by atoms with van der Waals surface area (Å²) in [5.41, 5.74) is 0. The van der Waals surface area contributed by atoms with E-state index in [0.29, 0.717) is 0 Å². The first-order chi connectivity index (χ1) is 3.84. The Kier molecular flexibility index (Phi) is 1.93. The third-order valence-corrected chi connectivity index (χ3v) is 2.46. The zero-order valence-electron chi connectivity index (χ0n) is 5.98. The summed E-state index contributed by atoms with van der Waals surface area (Å²) in [6.45, 7) is 4.66. The van der Waals surface area contributed by atoms with Crippen LogP contribution in [0, 0.1) is 11.8 Å². The average molecular weight is 112 g/mol. The van der Waals surface area contributed by atoms with E-state index in [1.165, 1.54) is 25.7 Å². The standard InChI is InChI=1S/C8H16/c1-3-4-8-6-5-7(8)2/h7-8H,3-6H2,1-2H3/t7-,8?/m1/s1. The fraction of sp³-hybridized carbons (Fsp3) is 1.00. The first-order valence-electron chi connectivity index (χ1n) is 3.84. The molecule has 1 saturated carbocycles. The molecule has 2 atom stereocenters. The van der Waals surface area contributed by atoms with E-state index in [1.807, 2.05) is 0 Å². The van der Waals surface area contributed by atoms with Crippen molar-refractivity contribution >= 4 is 0 Å². The Morgan fingerprint density at radius 1 is 1.38 bits per heavy atom. The summed E-state index contributed by atoms with van der Waals surface area (Å²) in [5.74, 6) is 2.15. The van der Waals surface area contributed by atoms with Gasteiger partial charge in [-0.1, -0.05) is 33.1 Å². The van der Waals surface area contributed by atoms with E-state index in [4.69, 9.17) is 0 Å². The van der Waals surface area contributed by atoms with Gasteiger partial charge in [-0.05, 0) is 18.3 Å². The second kappa shape index (κ2) is 2.52. The van der Waals surface area contributed by atoms with Gasteiger partial charge in [0.15, 0.2) is 0 Å². The van der Waals surface area contributed by atoms with Crippen molar-refractivity contribution < 1.29 is 0 Å². The summed E-state index contributed by atoms with van der Waals surface area (Å²) in [7, 11) is 0. The zero-order valence-corrected chi connectivity index (χ0v) is 5.98. The zero-order chi connectivity index (χ0) is 5.98. The van der Waals surface area contributed by atoms with Crippen LogP contribution in [0.3, 0.4) is 0 Å². The van der Waals surface area contributed by atoms with Crippen LogP contribution in [0.5, 0.6) is 0 Å². The number of hydrogen-bond acceptors (Lipinski definition) is 0. The molecule has 0 aromatic carbocycles. The van der Waals surface area contributed by atoms with Gasteiger partial charge in [0, 0.05) is 0 Å². The maximum absolute atomic E-state index is 2.38. The largest absolute Gasteiger partial charge is 0.0654 e. The Bertz CT molecular complexity index is 66.4. The summed E-state index contributed by atoms with van der Waals surface area (Å²) in [5, 5.41) is 0. The van der Waals surface area contributed by atoms with Gasteiger partial charge in [-0.2, -0.15) is 0 Å². The van der Waals surface area contributed by atoms with Crippen molar-refractivity contribution in [2.75, 3.05) is 0 Å². The molecule has 1 rings (SSSR count). The van der Waals surface area contributed by atoms with E-state index >= 15 is 0 Å². The quantitative estimate of drug-likeness (QED) is 0.515. The third kappa shape index (κ3) is 1.04. The molecule has 1 fully saturated rings. The molecular formula is C8H16. The molecule has 0 amide bonds. The molecule has 0 bridgehead atoms. The summed E-state index contributed by atoms with van der Waals surface area (Å²) < 4.78 is 0. The maximum atomic E-state index is 2.38. The van der Waals surface area contributed by atoms with Gasteiger partial charge >= 0.3 is 0 Å². The van der Waals surface area contributed by atoms with E-state index in [1.54, 1.807) is 0 Å². The van der Waals surface area contributed by atoms with Crippen LogP contribution in [0.4, 0.5) is 0 Å². The SMILES string of the molecule is CCCC1CC[C@H]1C. The van der Waals surface area contributed by atoms with Gasteiger partial charge in [-0.3, -0.25) is 0 Å². The average Bonchev–Trinajstić information content (AvgIpc) is 1.79. The summed E-state index contributed by atoms with van der Waals surface area (Å²) >= 11 is 0. The highest BCUT2D eigenvalue weighted by molar-refractivity contribution is 4.76. The van der Waals surface area contributed by atoms with Crippen molar-refractivity contribution in [2.45, 2.75) is 39.5 Å². The fourth-order valence-electron chi connectivity index (χ4n) is 1.54. The Morgan fingerprint density at radius 3 is 2.25 bits per heavy atom. The normalized spacial score (nSPS) is 36.8. The summed E-state index contributed by atoms with van der Waals surface area (Å²) in [6, 6.07) is 0. The fourth-order valence-corrected chi connectivity index (χ4v) is 1.54. The summed E-state index contributed by atoms with van der Waals surface area (Å²) in [4.78, 5) is 0. The van der Waals surface area contributed by atoms with Crippen LogP contribution in [0.1, 0.15) is 39.5 Å². The van der Waals surface area contributed by atoms with Gasteiger partial charge in [0.05, 0.1) is 0 Å². The number of hydrogen-bond donors (Lipinski definition) is 0. The van der Waals surface area contributed by atoms with Crippen molar-refractivity contribution in [3.63, 3.8) is 0 Å². The minimum Gasteiger partial charge on any atom is -0.0654 e. The van der Waals surface area contributed by atoms with Gasteiger partial charge in [-0.25, -0.2) is 0 Å². The maximum Gasteiger partial charge on any atom is -0.0388 e. The molecule has 1 aliphatic rings. The second-order valence-electron chi connectivity index (χ2n) is 3.10.